The molecule has 0 aromatic heterocycles. The predicted octanol–water partition coefficient (Wildman–Crippen LogP) is 4.72. The summed E-state index contributed by atoms with van der Waals surface area (Å²) in [7, 11) is 4.05. The number of carbonyl (C=O) groups is 2. The van der Waals surface area contributed by atoms with Crippen molar-refractivity contribution in [2.45, 2.75) is 24.9 Å². The molecule has 0 fully saturated rings. The quantitative estimate of drug-likeness (QED) is 0.466. The van der Waals surface area contributed by atoms with Gasteiger partial charge in [0.25, 0.3) is 5.91 Å². The van der Waals surface area contributed by atoms with Crippen molar-refractivity contribution in [1.82, 2.24) is 10.2 Å². The molecule has 166 valence electrons. The van der Waals surface area contributed by atoms with Crippen molar-refractivity contribution in [3.63, 3.8) is 0 Å². The number of hydrogen-bond donors (Lipinski definition) is 2. The fourth-order valence-electron chi connectivity index (χ4n) is 3.25. The summed E-state index contributed by atoms with van der Waals surface area (Å²) in [5.74, 6) is -0.0255. The van der Waals surface area contributed by atoms with Gasteiger partial charge in [-0.1, -0.05) is 54.1 Å². The van der Waals surface area contributed by atoms with E-state index >= 15 is 0 Å². The summed E-state index contributed by atoms with van der Waals surface area (Å²) in [6, 6.07) is 23.2. The average Bonchev–Trinajstić information content (AvgIpc) is 2.78. The van der Waals surface area contributed by atoms with Crippen LogP contribution in [-0.2, 0) is 17.9 Å². The van der Waals surface area contributed by atoms with Gasteiger partial charge < -0.3 is 15.5 Å². The van der Waals surface area contributed by atoms with Crippen LogP contribution in [0, 0.1) is 6.92 Å². The van der Waals surface area contributed by atoms with E-state index in [-0.39, 0.29) is 17.6 Å². The molecule has 3 aromatic carbocycles. The second-order valence-electron chi connectivity index (χ2n) is 7.89. The van der Waals surface area contributed by atoms with Crippen molar-refractivity contribution in [3.05, 3.63) is 95.1 Å². The molecule has 3 aromatic rings. The first-order chi connectivity index (χ1) is 15.4. The zero-order valence-electron chi connectivity index (χ0n) is 18.7. The molecule has 0 heterocycles. The normalized spacial score (nSPS) is 10.8. The van der Waals surface area contributed by atoms with Crippen LogP contribution in [0.5, 0.6) is 0 Å². The van der Waals surface area contributed by atoms with E-state index in [4.69, 9.17) is 0 Å². The maximum Gasteiger partial charge on any atom is 0.252 e. The van der Waals surface area contributed by atoms with Crippen molar-refractivity contribution >= 4 is 29.3 Å². The smallest absolute Gasteiger partial charge is 0.252 e. The third kappa shape index (κ3) is 6.97. The van der Waals surface area contributed by atoms with Crippen LogP contribution in [0.4, 0.5) is 5.69 Å². The van der Waals surface area contributed by atoms with Gasteiger partial charge in [0.2, 0.25) is 5.91 Å². The fraction of sp³-hybridized carbons (Fsp3) is 0.231. The second-order valence-corrected chi connectivity index (χ2v) is 8.91. The van der Waals surface area contributed by atoms with Crippen LogP contribution >= 0.6 is 11.8 Å². The van der Waals surface area contributed by atoms with E-state index in [1.54, 1.807) is 6.07 Å². The van der Waals surface area contributed by atoms with Crippen LogP contribution in [0.1, 0.15) is 27.0 Å². The Morgan fingerprint density at radius 1 is 0.875 bits per heavy atom. The van der Waals surface area contributed by atoms with E-state index in [0.29, 0.717) is 12.1 Å². The Morgan fingerprint density at radius 2 is 1.53 bits per heavy atom. The molecular formula is C26H29N3O2S. The Hall–Kier alpha value is -3.09. The van der Waals surface area contributed by atoms with Crippen molar-refractivity contribution < 1.29 is 9.59 Å². The molecule has 0 aliphatic rings. The summed E-state index contributed by atoms with van der Waals surface area (Å²) >= 11 is 1.36. The lowest BCUT2D eigenvalue weighted by molar-refractivity contribution is -0.113. The van der Waals surface area contributed by atoms with E-state index in [1.165, 1.54) is 17.3 Å². The zero-order chi connectivity index (χ0) is 22.9. The number of nitrogens with zero attached hydrogens (tertiary/aromatic N) is 1. The van der Waals surface area contributed by atoms with Crippen molar-refractivity contribution in [2.75, 3.05) is 25.2 Å². The number of anilines is 1. The van der Waals surface area contributed by atoms with Gasteiger partial charge in [0.1, 0.15) is 0 Å². The lowest BCUT2D eigenvalue weighted by atomic mass is 10.1. The third-order valence-corrected chi connectivity index (χ3v) is 5.94. The largest absolute Gasteiger partial charge is 0.348 e. The Kier molecular flexibility index (Phi) is 8.48. The van der Waals surface area contributed by atoms with Gasteiger partial charge in [-0.05, 0) is 56.4 Å². The van der Waals surface area contributed by atoms with Crippen LogP contribution in [-0.4, -0.2) is 36.6 Å². The maximum atomic E-state index is 12.9. The minimum Gasteiger partial charge on any atom is -0.348 e. The Bertz CT molecular complexity index is 1060. The van der Waals surface area contributed by atoms with Crippen LogP contribution < -0.4 is 10.6 Å². The molecule has 3 rings (SSSR count). The second kappa shape index (κ2) is 11.5. The lowest BCUT2D eigenvalue weighted by Gasteiger charge is -2.15. The number of hydrogen-bond acceptors (Lipinski definition) is 4. The highest BCUT2D eigenvalue weighted by Crippen LogP contribution is 2.23. The molecule has 32 heavy (non-hydrogen) atoms. The molecule has 0 saturated carbocycles. The topological polar surface area (TPSA) is 61.4 Å². The van der Waals surface area contributed by atoms with E-state index in [0.717, 1.165) is 28.3 Å². The van der Waals surface area contributed by atoms with Gasteiger partial charge in [-0.2, -0.15) is 0 Å². The maximum absolute atomic E-state index is 12.9. The summed E-state index contributed by atoms with van der Waals surface area (Å²) in [4.78, 5) is 28.1. The monoisotopic (exact) mass is 447 g/mol. The Balaban J connectivity index is 1.60. The van der Waals surface area contributed by atoms with Gasteiger partial charge >= 0.3 is 0 Å². The first kappa shape index (κ1) is 23.6. The summed E-state index contributed by atoms with van der Waals surface area (Å²) in [6.07, 6.45) is 0. The average molecular weight is 448 g/mol. The number of carbonyl (C=O) groups excluding carboxylic acids is 2. The first-order valence-electron chi connectivity index (χ1n) is 10.5. The Morgan fingerprint density at radius 3 is 2.25 bits per heavy atom. The summed E-state index contributed by atoms with van der Waals surface area (Å²) in [6.45, 7) is 3.27. The number of amides is 2. The summed E-state index contributed by atoms with van der Waals surface area (Å²) in [5.41, 5.74) is 4.77. The highest BCUT2D eigenvalue weighted by molar-refractivity contribution is 8.00. The first-order valence-corrected chi connectivity index (χ1v) is 11.5. The highest BCUT2D eigenvalue weighted by Gasteiger charge is 2.14. The molecule has 6 heteroatoms. The van der Waals surface area contributed by atoms with E-state index in [1.807, 2.05) is 81.7 Å². The molecule has 0 saturated heterocycles. The predicted molar refractivity (Wildman–Crippen MR) is 132 cm³/mol. The Labute approximate surface area is 194 Å². The van der Waals surface area contributed by atoms with Crippen LogP contribution in [0.3, 0.4) is 0 Å². The van der Waals surface area contributed by atoms with Gasteiger partial charge in [0.05, 0.1) is 11.3 Å². The third-order valence-electron chi connectivity index (χ3n) is 4.87. The lowest BCUT2D eigenvalue weighted by Crippen LogP contribution is -2.25. The number of rotatable bonds is 9. The summed E-state index contributed by atoms with van der Waals surface area (Å²) < 4.78 is 0. The van der Waals surface area contributed by atoms with E-state index < -0.39 is 0 Å². The van der Waals surface area contributed by atoms with Gasteiger partial charge in [-0.3, -0.25) is 9.59 Å². The van der Waals surface area contributed by atoms with Crippen molar-refractivity contribution in [2.24, 2.45) is 0 Å². The molecular weight excluding hydrogens is 418 g/mol. The highest BCUT2D eigenvalue weighted by atomic mass is 32.2. The molecule has 0 spiro atoms. The molecule has 0 radical (unpaired) electrons. The molecule has 5 nitrogen and oxygen atoms in total. The molecule has 2 N–H and O–H groups in total. The fourth-order valence-corrected chi connectivity index (χ4v) is 4.10. The van der Waals surface area contributed by atoms with Crippen molar-refractivity contribution in [3.8, 4) is 0 Å². The summed E-state index contributed by atoms with van der Waals surface area (Å²) in [5, 5.41) is 5.92. The molecule has 0 bridgehead atoms. The standard InChI is InChI=1S/C26H29N3O2S/c1-19-12-14-22(15-13-19)28-25(30)18-32-24-11-7-6-10-23(24)26(31)27-16-20-8-4-5-9-21(20)17-29(2)3/h4-15H,16-18H2,1-3H3,(H,27,31)(H,28,30). The van der Waals surface area contributed by atoms with Crippen LogP contribution in [0.15, 0.2) is 77.7 Å². The number of aryl methyl sites for hydroxylation is 1. The number of benzene rings is 3. The number of thioether (sulfide) groups is 1. The van der Waals surface area contributed by atoms with E-state index in [9.17, 15) is 9.59 Å². The number of nitrogens with one attached hydrogen (secondary N) is 2. The molecule has 2 amide bonds. The zero-order valence-corrected chi connectivity index (χ0v) is 19.5. The molecule has 0 unspecified atom stereocenters. The molecule has 0 atom stereocenters. The van der Waals surface area contributed by atoms with E-state index in [2.05, 4.69) is 21.6 Å². The van der Waals surface area contributed by atoms with Crippen LogP contribution in [0.2, 0.25) is 0 Å². The van der Waals surface area contributed by atoms with Gasteiger partial charge in [0.15, 0.2) is 0 Å². The van der Waals surface area contributed by atoms with Crippen LogP contribution in [0.25, 0.3) is 0 Å². The minimum atomic E-state index is -0.147. The van der Waals surface area contributed by atoms with Gasteiger partial charge in [0, 0.05) is 23.7 Å². The molecule has 0 aliphatic heterocycles. The van der Waals surface area contributed by atoms with Gasteiger partial charge in [-0.15, -0.1) is 11.8 Å². The van der Waals surface area contributed by atoms with Gasteiger partial charge in [-0.25, -0.2) is 0 Å². The SMILES string of the molecule is Cc1ccc(NC(=O)CSc2ccccc2C(=O)NCc2ccccc2CN(C)C)cc1. The molecule has 0 aliphatic carbocycles. The van der Waals surface area contributed by atoms with Crippen molar-refractivity contribution in [1.29, 1.82) is 0 Å². The minimum absolute atomic E-state index is 0.105.